The zero-order chi connectivity index (χ0) is 20.2. The summed E-state index contributed by atoms with van der Waals surface area (Å²) in [6, 6.07) is 15.7. The molecule has 1 N–H and O–H groups in total. The van der Waals surface area contributed by atoms with E-state index in [2.05, 4.69) is 29.3 Å². The highest BCUT2D eigenvalue weighted by molar-refractivity contribution is 5.94. The Morgan fingerprint density at radius 1 is 1.07 bits per heavy atom. The third kappa shape index (κ3) is 4.43. The van der Waals surface area contributed by atoms with Crippen LogP contribution < -0.4 is 10.2 Å². The lowest BCUT2D eigenvalue weighted by molar-refractivity contribution is -0.119. The van der Waals surface area contributed by atoms with Crippen LogP contribution in [-0.4, -0.2) is 56.1 Å². The van der Waals surface area contributed by atoms with E-state index in [-0.39, 0.29) is 11.8 Å². The number of hydrogen-bond acceptors (Lipinski definition) is 4. The molecule has 1 saturated heterocycles. The Balaban J connectivity index is 1.29. The molecular weight excluding hydrogens is 366 g/mol. The summed E-state index contributed by atoms with van der Waals surface area (Å²) in [6.07, 6.45) is 0. The molecule has 4 rings (SSSR count). The van der Waals surface area contributed by atoms with Crippen molar-refractivity contribution in [2.45, 2.75) is 19.4 Å². The molecule has 0 bridgehead atoms. The SMILES string of the molecule is CC1CN(CC(=O)NCc2ccc(C(=O)N3CCOCC3)cc2)c2ccccc21. The van der Waals surface area contributed by atoms with Gasteiger partial charge in [0, 0.05) is 43.3 Å². The van der Waals surface area contributed by atoms with Crippen molar-refractivity contribution >= 4 is 17.5 Å². The number of anilines is 1. The van der Waals surface area contributed by atoms with Crippen LogP contribution in [0, 0.1) is 0 Å². The Bertz CT molecular complexity index is 875. The molecule has 2 heterocycles. The minimum atomic E-state index is 0.00220. The van der Waals surface area contributed by atoms with Gasteiger partial charge in [-0.25, -0.2) is 0 Å². The second kappa shape index (κ2) is 8.66. The summed E-state index contributed by atoms with van der Waals surface area (Å²) in [6.45, 7) is 6.32. The van der Waals surface area contributed by atoms with Crippen LogP contribution in [0.25, 0.3) is 0 Å². The molecular formula is C23H27N3O3. The number of carbonyl (C=O) groups excluding carboxylic acids is 2. The third-order valence-corrected chi connectivity index (χ3v) is 5.63. The molecule has 6 heteroatoms. The fourth-order valence-corrected chi connectivity index (χ4v) is 4.01. The number of hydrogen-bond donors (Lipinski definition) is 1. The van der Waals surface area contributed by atoms with Crippen LogP contribution in [0.2, 0.25) is 0 Å². The van der Waals surface area contributed by atoms with Gasteiger partial charge in [-0.15, -0.1) is 0 Å². The molecule has 0 aliphatic carbocycles. The first-order valence-corrected chi connectivity index (χ1v) is 10.2. The van der Waals surface area contributed by atoms with Gasteiger partial charge in [0.05, 0.1) is 19.8 Å². The van der Waals surface area contributed by atoms with Crippen LogP contribution in [0.3, 0.4) is 0 Å². The zero-order valence-corrected chi connectivity index (χ0v) is 16.8. The van der Waals surface area contributed by atoms with Crippen LogP contribution in [0.5, 0.6) is 0 Å². The van der Waals surface area contributed by atoms with Crippen molar-refractivity contribution in [3.8, 4) is 0 Å². The number of fused-ring (bicyclic) bond motifs is 1. The number of morpholine rings is 1. The molecule has 152 valence electrons. The van der Waals surface area contributed by atoms with Gasteiger partial charge in [-0.3, -0.25) is 9.59 Å². The third-order valence-electron chi connectivity index (χ3n) is 5.63. The summed E-state index contributed by atoms with van der Waals surface area (Å²) < 4.78 is 5.29. The van der Waals surface area contributed by atoms with Gasteiger partial charge in [0.1, 0.15) is 0 Å². The van der Waals surface area contributed by atoms with Crippen molar-refractivity contribution in [1.82, 2.24) is 10.2 Å². The molecule has 0 radical (unpaired) electrons. The highest BCUT2D eigenvalue weighted by Crippen LogP contribution is 2.35. The number of amides is 2. The lowest BCUT2D eigenvalue weighted by Gasteiger charge is -2.26. The van der Waals surface area contributed by atoms with Crippen molar-refractivity contribution in [2.24, 2.45) is 0 Å². The summed E-state index contributed by atoms with van der Waals surface area (Å²) in [5.74, 6) is 0.476. The lowest BCUT2D eigenvalue weighted by atomic mass is 10.0. The predicted octanol–water partition coefficient (Wildman–Crippen LogP) is 2.40. The molecule has 1 unspecified atom stereocenters. The first-order chi connectivity index (χ1) is 14.1. The van der Waals surface area contributed by atoms with Gasteiger partial charge in [0.15, 0.2) is 0 Å². The van der Waals surface area contributed by atoms with Crippen LogP contribution in [0.15, 0.2) is 48.5 Å². The monoisotopic (exact) mass is 393 g/mol. The summed E-state index contributed by atoms with van der Waals surface area (Å²) in [7, 11) is 0. The minimum absolute atomic E-state index is 0.00220. The average molecular weight is 393 g/mol. The Morgan fingerprint density at radius 2 is 1.79 bits per heavy atom. The van der Waals surface area contributed by atoms with Gasteiger partial charge >= 0.3 is 0 Å². The maximum absolute atomic E-state index is 12.5. The Morgan fingerprint density at radius 3 is 2.55 bits per heavy atom. The highest BCUT2D eigenvalue weighted by Gasteiger charge is 2.26. The highest BCUT2D eigenvalue weighted by atomic mass is 16.5. The van der Waals surface area contributed by atoms with Crippen molar-refractivity contribution in [2.75, 3.05) is 44.3 Å². The smallest absolute Gasteiger partial charge is 0.254 e. The quantitative estimate of drug-likeness (QED) is 0.847. The summed E-state index contributed by atoms with van der Waals surface area (Å²) in [5, 5.41) is 2.99. The van der Waals surface area contributed by atoms with Gasteiger partial charge in [-0.1, -0.05) is 37.3 Å². The van der Waals surface area contributed by atoms with E-state index in [0.717, 1.165) is 17.8 Å². The molecule has 1 fully saturated rings. The molecule has 2 amide bonds. The van der Waals surface area contributed by atoms with Gasteiger partial charge in [-0.05, 0) is 29.3 Å². The van der Waals surface area contributed by atoms with E-state index < -0.39 is 0 Å². The van der Waals surface area contributed by atoms with E-state index in [0.29, 0.717) is 50.9 Å². The first-order valence-electron chi connectivity index (χ1n) is 10.2. The van der Waals surface area contributed by atoms with Crippen molar-refractivity contribution in [3.63, 3.8) is 0 Å². The van der Waals surface area contributed by atoms with Crippen molar-refractivity contribution < 1.29 is 14.3 Å². The van der Waals surface area contributed by atoms with Crippen LogP contribution in [-0.2, 0) is 16.1 Å². The number of carbonyl (C=O) groups is 2. The molecule has 2 aliphatic heterocycles. The minimum Gasteiger partial charge on any atom is -0.378 e. The normalized spacial score (nSPS) is 18.4. The Kier molecular flexibility index (Phi) is 5.81. The van der Waals surface area contributed by atoms with E-state index >= 15 is 0 Å². The first kappa shape index (κ1) is 19.5. The molecule has 2 aliphatic rings. The van der Waals surface area contributed by atoms with E-state index in [4.69, 9.17) is 4.74 Å². The van der Waals surface area contributed by atoms with Gasteiger partial charge in [0.2, 0.25) is 5.91 Å². The zero-order valence-electron chi connectivity index (χ0n) is 16.8. The largest absolute Gasteiger partial charge is 0.378 e. The maximum Gasteiger partial charge on any atom is 0.254 e. The second-order valence-corrected chi connectivity index (χ2v) is 7.72. The van der Waals surface area contributed by atoms with Gasteiger partial charge < -0.3 is 19.9 Å². The molecule has 0 spiro atoms. The molecule has 0 aromatic heterocycles. The molecule has 0 saturated carbocycles. The number of nitrogens with one attached hydrogen (secondary N) is 1. The summed E-state index contributed by atoms with van der Waals surface area (Å²) >= 11 is 0. The fourth-order valence-electron chi connectivity index (χ4n) is 4.01. The number of benzene rings is 2. The van der Waals surface area contributed by atoms with E-state index in [1.165, 1.54) is 5.56 Å². The molecule has 29 heavy (non-hydrogen) atoms. The Hall–Kier alpha value is -2.86. The average Bonchev–Trinajstić information content (AvgIpc) is 3.08. The van der Waals surface area contributed by atoms with Gasteiger partial charge in [0.25, 0.3) is 5.91 Å². The molecule has 6 nitrogen and oxygen atoms in total. The fraction of sp³-hybridized carbons (Fsp3) is 0.391. The van der Waals surface area contributed by atoms with Crippen LogP contribution in [0.4, 0.5) is 5.69 Å². The van der Waals surface area contributed by atoms with E-state index in [9.17, 15) is 9.59 Å². The topological polar surface area (TPSA) is 61.9 Å². The van der Waals surface area contributed by atoms with E-state index in [1.807, 2.05) is 41.3 Å². The predicted molar refractivity (Wildman–Crippen MR) is 112 cm³/mol. The number of para-hydroxylation sites is 1. The second-order valence-electron chi connectivity index (χ2n) is 7.72. The summed E-state index contributed by atoms with van der Waals surface area (Å²) in [5.41, 5.74) is 4.11. The number of ether oxygens (including phenoxy) is 1. The van der Waals surface area contributed by atoms with Crippen molar-refractivity contribution in [1.29, 1.82) is 0 Å². The summed E-state index contributed by atoms with van der Waals surface area (Å²) in [4.78, 5) is 28.9. The number of rotatable bonds is 5. The molecule has 1 atom stereocenters. The van der Waals surface area contributed by atoms with E-state index in [1.54, 1.807) is 0 Å². The Labute approximate surface area is 171 Å². The van der Waals surface area contributed by atoms with Crippen molar-refractivity contribution in [3.05, 3.63) is 65.2 Å². The van der Waals surface area contributed by atoms with Crippen LogP contribution in [0.1, 0.15) is 34.3 Å². The lowest BCUT2D eigenvalue weighted by Crippen LogP contribution is -2.40. The maximum atomic E-state index is 12.5. The number of nitrogens with zero attached hydrogens (tertiary/aromatic N) is 2. The molecule has 2 aromatic carbocycles. The molecule has 2 aromatic rings. The van der Waals surface area contributed by atoms with Crippen LogP contribution >= 0.6 is 0 Å². The standard InChI is InChI=1S/C23H27N3O3/c1-17-15-26(21-5-3-2-4-20(17)21)16-22(27)24-14-18-6-8-19(9-7-18)23(28)25-10-12-29-13-11-25/h2-9,17H,10-16H2,1H3,(H,24,27). The van der Waals surface area contributed by atoms with Gasteiger partial charge in [-0.2, -0.15) is 0 Å².